The van der Waals surface area contributed by atoms with Gasteiger partial charge in [-0.3, -0.25) is 4.79 Å². The molecule has 4 aromatic rings. The van der Waals surface area contributed by atoms with Gasteiger partial charge in [0.2, 0.25) is 0 Å². The standard InChI is InChI=1S/C21H15ClN2O3/c1-26-19-9-8-13(11-16(19)22)23-21(25)15-12-18(20-7-4-10-27-20)24-17-6-3-2-5-14(15)17/h2-12H,1H3,(H,23,25). The highest BCUT2D eigenvalue weighted by Gasteiger charge is 2.15. The largest absolute Gasteiger partial charge is 0.495 e. The molecule has 0 aliphatic rings. The number of amides is 1. The molecule has 0 spiro atoms. The maximum Gasteiger partial charge on any atom is 0.256 e. The quantitative estimate of drug-likeness (QED) is 0.515. The number of nitrogens with one attached hydrogen (secondary N) is 1. The van der Waals surface area contributed by atoms with Crippen LogP contribution in [0.1, 0.15) is 10.4 Å². The summed E-state index contributed by atoms with van der Waals surface area (Å²) < 4.78 is 10.6. The van der Waals surface area contributed by atoms with E-state index < -0.39 is 0 Å². The second-order valence-corrected chi connectivity index (χ2v) is 6.26. The van der Waals surface area contributed by atoms with Gasteiger partial charge in [0.25, 0.3) is 5.91 Å². The van der Waals surface area contributed by atoms with Crippen LogP contribution in [0.5, 0.6) is 5.75 Å². The lowest BCUT2D eigenvalue weighted by atomic mass is 10.1. The van der Waals surface area contributed by atoms with E-state index in [1.165, 1.54) is 0 Å². The molecule has 0 radical (unpaired) electrons. The molecular formula is C21H15ClN2O3. The van der Waals surface area contributed by atoms with Gasteiger partial charge in [-0.1, -0.05) is 29.8 Å². The van der Waals surface area contributed by atoms with E-state index in [0.29, 0.717) is 39.0 Å². The zero-order valence-electron chi connectivity index (χ0n) is 14.4. The van der Waals surface area contributed by atoms with Gasteiger partial charge in [0.05, 0.1) is 29.5 Å². The smallest absolute Gasteiger partial charge is 0.256 e. The first kappa shape index (κ1) is 17.1. The van der Waals surface area contributed by atoms with Crippen molar-refractivity contribution in [3.05, 3.63) is 77.5 Å². The van der Waals surface area contributed by atoms with E-state index in [4.69, 9.17) is 20.8 Å². The summed E-state index contributed by atoms with van der Waals surface area (Å²) in [5.74, 6) is 0.883. The Morgan fingerprint density at radius 1 is 1.11 bits per heavy atom. The summed E-state index contributed by atoms with van der Waals surface area (Å²) in [6, 6.07) is 17.9. The summed E-state index contributed by atoms with van der Waals surface area (Å²) in [7, 11) is 1.54. The summed E-state index contributed by atoms with van der Waals surface area (Å²) in [6.07, 6.45) is 1.57. The van der Waals surface area contributed by atoms with Gasteiger partial charge >= 0.3 is 0 Å². The monoisotopic (exact) mass is 378 g/mol. The van der Waals surface area contributed by atoms with Crippen molar-refractivity contribution < 1.29 is 13.9 Å². The van der Waals surface area contributed by atoms with E-state index in [1.54, 1.807) is 43.7 Å². The molecule has 0 saturated carbocycles. The molecule has 0 atom stereocenters. The molecule has 1 N–H and O–H groups in total. The molecule has 2 aromatic heterocycles. The maximum atomic E-state index is 13.0. The number of benzene rings is 2. The molecule has 5 nitrogen and oxygen atoms in total. The minimum absolute atomic E-state index is 0.261. The number of para-hydroxylation sites is 1. The van der Waals surface area contributed by atoms with Crippen LogP contribution in [0.3, 0.4) is 0 Å². The van der Waals surface area contributed by atoms with Crippen molar-refractivity contribution in [2.75, 3.05) is 12.4 Å². The Kier molecular flexibility index (Phi) is 4.52. The molecule has 0 bridgehead atoms. The molecule has 0 saturated heterocycles. The van der Waals surface area contributed by atoms with Crippen molar-refractivity contribution in [3.63, 3.8) is 0 Å². The van der Waals surface area contributed by atoms with Gasteiger partial charge in [-0.25, -0.2) is 4.98 Å². The van der Waals surface area contributed by atoms with E-state index >= 15 is 0 Å². The summed E-state index contributed by atoms with van der Waals surface area (Å²) in [5.41, 5.74) is 2.38. The lowest BCUT2D eigenvalue weighted by molar-refractivity contribution is 0.102. The summed E-state index contributed by atoms with van der Waals surface area (Å²) in [4.78, 5) is 17.6. The molecule has 0 aliphatic carbocycles. The van der Waals surface area contributed by atoms with E-state index in [1.807, 2.05) is 30.3 Å². The number of aromatic nitrogens is 1. The number of furan rings is 1. The average Bonchev–Trinajstić information content (AvgIpc) is 3.22. The number of halogens is 1. The van der Waals surface area contributed by atoms with Gasteiger partial charge in [-0.05, 0) is 42.5 Å². The lowest BCUT2D eigenvalue weighted by Gasteiger charge is -2.11. The van der Waals surface area contributed by atoms with Crippen molar-refractivity contribution in [2.24, 2.45) is 0 Å². The third-order valence-electron chi connectivity index (χ3n) is 4.14. The fourth-order valence-electron chi connectivity index (χ4n) is 2.86. The zero-order valence-corrected chi connectivity index (χ0v) is 15.2. The summed E-state index contributed by atoms with van der Waals surface area (Å²) in [5, 5.41) is 4.05. The van der Waals surface area contributed by atoms with Gasteiger partial charge in [-0.15, -0.1) is 0 Å². The summed E-state index contributed by atoms with van der Waals surface area (Å²) >= 11 is 6.15. The predicted octanol–water partition coefficient (Wildman–Crippen LogP) is 5.41. The SMILES string of the molecule is COc1ccc(NC(=O)c2cc(-c3ccco3)nc3ccccc23)cc1Cl. The van der Waals surface area contributed by atoms with E-state index in [2.05, 4.69) is 10.3 Å². The Morgan fingerprint density at radius 3 is 2.70 bits per heavy atom. The number of rotatable bonds is 4. The highest BCUT2D eigenvalue weighted by atomic mass is 35.5. The number of hydrogen-bond donors (Lipinski definition) is 1. The first-order valence-corrected chi connectivity index (χ1v) is 8.62. The molecule has 6 heteroatoms. The number of hydrogen-bond acceptors (Lipinski definition) is 4. The van der Waals surface area contributed by atoms with Crippen LogP contribution in [0.2, 0.25) is 5.02 Å². The van der Waals surface area contributed by atoms with Crippen molar-refractivity contribution in [3.8, 4) is 17.2 Å². The van der Waals surface area contributed by atoms with Crippen LogP contribution in [-0.2, 0) is 0 Å². The number of anilines is 1. The second-order valence-electron chi connectivity index (χ2n) is 5.85. The second kappa shape index (κ2) is 7.13. The van der Waals surface area contributed by atoms with Crippen LogP contribution in [0.4, 0.5) is 5.69 Å². The van der Waals surface area contributed by atoms with Crippen molar-refractivity contribution in [1.82, 2.24) is 4.98 Å². The molecule has 0 fully saturated rings. The number of nitrogens with zero attached hydrogens (tertiary/aromatic N) is 1. The highest BCUT2D eigenvalue weighted by Crippen LogP contribution is 2.29. The number of methoxy groups -OCH3 is 1. The fourth-order valence-corrected chi connectivity index (χ4v) is 3.11. The average molecular weight is 379 g/mol. The van der Waals surface area contributed by atoms with E-state index in [9.17, 15) is 4.79 Å². The van der Waals surface area contributed by atoms with Gasteiger partial charge in [-0.2, -0.15) is 0 Å². The molecule has 0 aliphatic heterocycles. The number of pyridine rings is 1. The molecule has 4 rings (SSSR count). The lowest BCUT2D eigenvalue weighted by Crippen LogP contribution is -2.13. The maximum absolute atomic E-state index is 13.0. The Labute approximate surface area is 160 Å². The zero-order chi connectivity index (χ0) is 18.8. The Morgan fingerprint density at radius 2 is 1.96 bits per heavy atom. The molecule has 27 heavy (non-hydrogen) atoms. The Balaban J connectivity index is 1.75. The van der Waals surface area contributed by atoms with Crippen LogP contribution >= 0.6 is 11.6 Å². The third kappa shape index (κ3) is 3.37. The molecule has 2 aromatic carbocycles. The van der Waals surface area contributed by atoms with Crippen LogP contribution in [0, 0.1) is 0 Å². The highest BCUT2D eigenvalue weighted by molar-refractivity contribution is 6.32. The minimum atomic E-state index is -0.261. The normalized spacial score (nSPS) is 10.7. The Hall–Kier alpha value is -3.31. The van der Waals surface area contributed by atoms with Crippen molar-refractivity contribution in [1.29, 1.82) is 0 Å². The van der Waals surface area contributed by atoms with Gasteiger partial charge < -0.3 is 14.5 Å². The van der Waals surface area contributed by atoms with E-state index in [0.717, 1.165) is 5.39 Å². The van der Waals surface area contributed by atoms with Crippen LogP contribution in [0.25, 0.3) is 22.4 Å². The third-order valence-corrected chi connectivity index (χ3v) is 4.44. The first-order valence-electron chi connectivity index (χ1n) is 8.24. The minimum Gasteiger partial charge on any atom is -0.495 e. The molecule has 0 unspecified atom stereocenters. The number of fused-ring (bicyclic) bond motifs is 1. The molecular weight excluding hydrogens is 364 g/mol. The van der Waals surface area contributed by atoms with Crippen LogP contribution < -0.4 is 10.1 Å². The first-order chi connectivity index (χ1) is 13.2. The van der Waals surface area contributed by atoms with Crippen molar-refractivity contribution in [2.45, 2.75) is 0 Å². The fraction of sp³-hybridized carbons (Fsp3) is 0.0476. The van der Waals surface area contributed by atoms with Gasteiger partial charge in [0.1, 0.15) is 11.4 Å². The number of ether oxygens (including phenoxy) is 1. The van der Waals surface area contributed by atoms with Crippen LogP contribution in [-0.4, -0.2) is 18.0 Å². The van der Waals surface area contributed by atoms with Gasteiger partial charge in [0.15, 0.2) is 5.76 Å². The molecule has 134 valence electrons. The molecule has 2 heterocycles. The topological polar surface area (TPSA) is 64.4 Å². The Bertz CT molecular complexity index is 1120. The summed E-state index contributed by atoms with van der Waals surface area (Å²) in [6.45, 7) is 0. The van der Waals surface area contributed by atoms with Crippen molar-refractivity contribution >= 4 is 34.1 Å². The number of carbonyl (C=O) groups excluding carboxylic acids is 1. The number of carbonyl (C=O) groups is 1. The van der Waals surface area contributed by atoms with E-state index in [-0.39, 0.29) is 5.91 Å². The molecule has 1 amide bonds. The van der Waals surface area contributed by atoms with Crippen LogP contribution in [0.15, 0.2) is 71.3 Å². The predicted molar refractivity (Wildman–Crippen MR) is 105 cm³/mol. The van der Waals surface area contributed by atoms with Gasteiger partial charge in [0, 0.05) is 11.1 Å².